The number of fused-ring (bicyclic) bond motifs is 1. The predicted molar refractivity (Wildman–Crippen MR) is 161 cm³/mol. The number of aromatic nitrogens is 1. The third kappa shape index (κ3) is 6.48. The van der Waals surface area contributed by atoms with E-state index in [1.807, 2.05) is 12.1 Å². The molecule has 3 rings (SSSR count). The molecule has 0 spiro atoms. The number of pyridine rings is 1. The molecular weight excluding hydrogens is 593 g/mol. The third-order valence-corrected chi connectivity index (χ3v) is 13.5. The van der Waals surface area contributed by atoms with Gasteiger partial charge in [0.25, 0.3) is 0 Å². The molecule has 1 aromatic carbocycles. The van der Waals surface area contributed by atoms with Crippen LogP contribution < -0.4 is 0 Å². The lowest BCUT2D eigenvalue weighted by Crippen LogP contribution is -2.44. The summed E-state index contributed by atoms with van der Waals surface area (Å²) in [5.74, 6) is -0.211. The van der Waals surface area contributed by atoms with E-state index in [0.29, 0.717) is 12.2 Å². The fraction of sp³-hybridized carbons (Fsp3) is 0.600. The van der Waals surface area contributed by atoms with Crippen molar-refractivity contribution in [2.24, 2.45) is 5.41 Å². The van der Waals surface area contributed by atoms with Gasteiger partial charge in [-0.3, -0.25) is 4.98 Å². The topological polar surface area (TPSA) is 68.7 Å². The molecule has 0 aliphatic heterocycles. The number of aliphatic hydroxyl groups is 1. The Hall–Kier alpha value is -1.29. The molecule has 1 aliphatic rings. The van der Waals surface area contributed by atoms with Crippen LogP contribution in [0.15, 0.2) is 24.3 Å². The van der Waals surface area contributed by atoms with Crippen molar-refractivity contribution in [1.82, 2.24) is 4.98 Å². The van der Waals surface area contributed by atoms with Crippen LogP contribution in [0.2, 0.25) is 18.1 Å². The molecule has 0 fully saturated rings. The Morgan fingerprint density at radius 1 is 1.22 bits per heavy atom. The molecule has 1 unspecified atom stereocenters. The summed E-state index contributed by atoms with van der Waals surface area (Å²) >= 11 is 2.41. The first kappa shape index (κ1) is 30.3. The number of esters is 1. The Labute approximate surface area is 238 Å². The van der Waals surface area contributed by atoms with Crippen LogP contribution in [-0.2, 0) is 15.6 Å². The lowest BCUT2D eigenvalue weighted by Gasteiger charge is -2.44. The first-order valence-electron chi connectivity index (χ1n) is 13.3. The van der Waals surface area contributed by atoms with Gasteiger partial charge in [0.2, 0.25) is 0 Å². The van der Waals surface area contributed by atoms with Crippen molar-refractivity contribution in [2.45, 2.75) is 104 Å². The van der Waals surface area contributed by atoms with Crippen LogP contribution in [0.1, 0.15) is 118 Å². The summed E-state index contributed by atoms with van der Waals surface area (Å²) in [6.45, 7) is 22.4. The lowest BCUT2D eigenvalue weighted by atomic mass is 9.74. The van der Waals surface area contributed by atoms with Gasteiger partial charge in [0.1, 0.15) is 6.10 Å². The number of aliphatic hydroxyl groups excluding tert-OH is 1. The highest BCUT2D eigenvalue weighted by Crippen LogP contribution is 2.50. The molecule has 0 radical (unpaired) electrons. The van der Waals surface area contributed by atoms with E-state index in [9.17, 15) is 9.90 Å². The minimum absolute atomic E-state index is 0.0580. The molecule has 0 bridgehead atoms. The highest BCUT2D eigenvalue weighted by Gasteiger charge is 2.44. The third-order valence-electron chi connectivity index (χ3n) is 7.82. The molecule has 7 heteroatoms. The minimum Gasteiger partial charge on any atom is -0.462 e. The lowest BCUT2D eigenvalue weighted by molar-refractivity contribution is 0.0526. The van der Waals surface area contributed by atoms with E-state index >= 15 is 0 Å². The Kier molecular flexibility index (Phi) is 9.04. The molecule has 0 amide bonds. The standard InChI is InChI=1S/C30H44INO4Si/c1-11-35-28(34)20-14-12-19(13-15-20)27(33)24-25(31)23-21(32-26(24)18(2)3)16-30(7,8)17-22(23)36-37(9,10)29(4,5)6/h12-15,18,22,27,33H,11,16-17H2,1-10H3/t22-,27?/m1/s1. The molecule has 2 aromatic rings. The molecule has 5 nitrogen and oxygen atoms in total. The average Bonchev–Trinajstić information content (AvgIpc) is 2.76. The number of nitrogens with zero attached hydrogens (tertiary/aromatic N) is 1. The molecule has 1 aromatic heterocycles. The van der Waals surface area contributed by atoms with Crippen LogP contribution in [0.5, 0.6) is 0 Å². The highest BCUT2D eigenvalue weighted by molar-refractivity contribution is 14.1. The van der Waals surface area contributed by atoms with E-state index in [0.717, 1.165) is 44.5 Å². The van der Waals surface area contributed by atoms with Gasteiger partial charge in [-0.05, 0) is 89.5 Å². The van der Waals surface area contributed by atoms with Crippen molar-refractivity contribution in [3.63, 3.8) is 0 Å². The SMILES string of the molecule is CCOC(=O)c1ccc(C(O)c2c(C(C)C)nc3c(c2I)[C@H](O[Si](C)(C)C(C)(C)C)CC(C)(C)C3)cc1. The molecule has 0 saturated heterocycles. The van der Waals surface area contributed by atoms with Crippen LogP contribution in [0, 0.1) is 8.99 Å². The number of hydrogen-bond donors (Lipinski definition) is 1. The quantitative estimate of drug-likeness (QED) is 0.189. The van der Waals surface area contributed by atoms with Gasteiger partial charge in [0.05, 0.1) is 24.0 Å². The number of rotatable bonds is 7. The zero-order valence-electron chi connectivity index (χ0n) is 24.2. The van der Waals surface area contributed by atoms with Crippen molar-refractivity contribution in [3.05, 3.63) is 61.5 Å². The Morgan fingerprint density at radius 2 is 1.81 bits per heavy atom. The van der Waals surface area contributed by atoms with Gasteiger partial charge in [0.15, 0.2) is 8.32 Å². The molecule has 1 N–H and O–H groups in total. The summed E-state index contributed by atoms with van der Waals surface area (Å²) < 4.78 is 13.2. The minimum atomic E-state index is -2.05. The Bertz CT molecular complexity index is 1140. The molecular formula is C30H44INO4Si. The zero-order chi connectivity index (χ0) is 27.9. The first-order valence-corrected chi connectivity index (χ1v) is 17.3. The smallest absolute Gasteiger partial charge is 0.338 e. The van der Waals surface area contributed by atoms with Crippen LogP contribution in [0.25, 0.3) is 0 Å². The van der Waals surface area contributed by atoms with Gasteiger partial charge in [-0.1, -0.05) is 60.6 Å². The monoisotopic (exact) mass is 637 g/mol. The molecule has 1 heterocycles. The Balaban J connectivity index is 2.14. The fourth-order valence-corrected chi connectivity index (χ4v) is 7.25. The van der Waals surface area contributed by atoms with Gasteiger partial charge in [-0.25, -0.2) is 4.79 Å². The van der Waals surface area contributed by atoms with Crippen molar-refractivity contribution in [1.29, 1.82) is 0 Å². The van der Waals surface area contributed by atoms with Crippen LogP contribution in [0.3, 0.4) is 0 Å². The second-order valence-electron chi connectivity index (χ2n) is 12.9. The second-order valence-corrected chi connectivity index (χ2v) is 18.7. The van der Waals surface area contributed by atoms with E-state index in [1.54, 1.807) is 19.1 Å². The molecule has 1 aliphatic carbocycles. The van der Waals surface area contributed by atoms with E-state index in [2.05, 4.69) is 84.2 Å². The maximum absolute atomic E-state index is 12.1. The van der Waals surface area contributed by atoms with Gasteiger partial charge in [-0.2, -0.15) is 0 Å². The van der Waals surface area contributed by atoms with E-state index in [-0.39, 0.29) is 28.4 Å². The summed E-state index contributed by atoms with van der Waals surface area (Å²) in [4.78, 5) is 17.3. The van der Waals surface area contributed by atoms with Gasteiger partial charge in [0, 0.05) is 20.4 Å². The number of ether oxygens (including phenoxy) is 1. The number of benzene rings is 1. The maximum Gasteiger partial charge on any atom is 0.338 e. The number of halogens is 1. The summed E-state index contributed by atoms with van der Waals surface area (Å²) in [5.41, 5.74) is 5.30. The van der Waals surface area contributed by atoms with Gasteiger partial charge in [-0.15, -0.1) is 0 Å². The Morgan fingerprint density at radius 3 is 2.32 bits per heavy atom. The summed E-state index contributed by atoms with van der Waals surface area (Å²) in [6.07, 6.45) is 0.897. The highest BCUT2D eigenvalue weighted by atomic mass is 127. The first-order chi connectivity index (χ1) is 17.0. The van der Waals surface area contributed by atoms with Gasteiger partial charge < -0.3 is 14.3 Å². The van der Waals surface area contributed by atoms with Crippen LogP contribution in [0.4, 0.5) is 0 Å². The van der Waals surface area contributed by atoms with Crippen molar-refractivity contribution >= 4 is 36.9 Å². The van der Waals surface area contributed by atoms with E-state index in [1.165, 1.54) is 0 Å². The maximum atomic E-state index is 12.1. The molecule has 204 valence electrons. The summed E-state index contributed by atoms with van der Waals surface area (Å²) in [6, 6.07) is 7.05. The van der Waals surface area contributed by atoms with Crippen molar-refractivity contribution in [2.75, 3.05) is 6.61 Å². The van der Waals surface area contributed by atoms with E-state index < -0.39 is 14.4 Å². The van der Waals surface area contributed by atoms with Crippen molar-refractivity contribution in [3.8, 4) is 0 Å². The van der Waals surface area contributed by atoms with Crippen molar-refractivity contribution < 1.29 is 19.1 Å². The normalized spacial score (nSPS) is 18.5. The average molecular weight is 638 g/mol. The second kappa shape index (κ2) is 11.1. The summed E-state index contributed by atoms with van der Waals surface area (Å²) in [5, 5.41) is 11.8. The van der Waals surface area contributed by atoms with Crippen LogP contribution >= 0.6 is 22.6 Å². The fourth-order valence-electron chi connectivity index (χ4n) is 4.76. The largest absolute Gasteiger partial charge is 0.462 e. The molecule has 37 heavy (non-hydrogen) atoms. The zero-order valence-corrected chi connectivity index (χ0v) is 27.3. The van der Waals surface area contributed by atoms with Gasteiger partial charge >= 0.3 is 5.97 Å². The number of hydrogen-bond acceptors (Lipinski definition) is 5. The number of carbonyl (C=O) groups excluding carboxylic acids is 1. The summed E-state index contributed by atoms with van der Waals surface area (Å²) in [7, 11) is -2.05. The molecule has 0 saturated carbocycles. The number of carbonyl (C=O) groups is 1. The molecule has 2 atom stereocenters. The van der Waals surface area contributed by atoms with Crippen LogP contribution in [-0.4, -0.2) is 31.0 Å². The predicted octanol–water partition coefficient (Wildman–Crippen LogP) is 8.10. The van der Waals surface area contributed by atoms with E-state index in [4.69, 9.17) is 14.1 Å².